The quantitative estimate of drug-likeness (QED) is 0.162. The molecule has 0 radical (unpaired) electrons. The molecule has 4 aromatic carbocycles. The van der Waals surface area contributed by atoms with Crippen LogP contribution in [-0.4, -0.2) is 15.7 Å². The van der Waals surface area contributed by atoms with E-state index in [2.05, 4.69) is 95.6 Å². The van der Waals surface area contributed by atoms with Crippen LogP contribution in [0.2, 0.25) is 0 Å². The van der Waals surface area contributed by atoms with Gasteiger partial charge in [-0.1, -0.05) is 54.6 Å². The highest BCUT2D eigenvalue weighted by molar-refractivity contribution is 7.95. The fourth-order valence-electron chi connectivity index (χ4n) is 4.84. The van der Waals surface area contributed by atoms with E-state index in [9.17, 15) is 10.1 Å². The van der Waals surface area contributed by atoms with E-state index in [-0.39, 0.29) is 10.6 Å². The van der Waals surface area contributed by atoms with Gasteiger partial charge < -0.3 is 4.57 Å². The minimum Gasteiger partial charge on any atom is -0.347 e. The lowest BCUT2D eigenvalue weighted by Crippen LogP contribution is -2.33. The number of benzene rings is 4. The number of aryl methyl sites for hydroxylation is 1. The normalized spacial score (nSPS) is 11.5. The first-order valence-corrected chi connectivity index (χ1v) is 13.4. The Labute approximate surface area is 200 Å². The molecule has 1 aromatic heterocycles. The van der Waals surface area contributed by atoms with Crippen molar-refractivity contribution in [1.29, 1.82) is 0 Å². The zero-order chi connectivity index (χ0) is 23.4. The van der Waals surface area contributed by atoms with E-state index in [1.54, 1.807) is 12.1 Å². The SMILES string of the molecule is O=[N+]([O-])c1ccc2ccn(CCC[P+](c3ccccc3)(c3ccccc3)c3ccccc3)c2c1. The van der Waals surface area contributed by atoms with Crippen molar-refractivity contribution in [2.45, 2.75) is 13.0 Å². The van der Waals surface area contributed by atoms with Gasteiger partial charge in [-0.05, 0) is 48.5 Å². The summed E-state index contributed by atoms with van der Waals surface area (Å²) in [5.41, 5.74) is 1.05. The van der Waals surface area contributed by atoms with Gasteiger partial charge in [0.05, 0.1) is 16.6 Å². The van der Waals surface area contributed by atoms with Crippen LogP contribution in [0.5, 0.6) is 0 Å². The minimum absolute atomic E-state index is 0.132. The van der Waals surface area contributed by atoms with Gasteiger partial charge in [0, 0.05) is 36.7 Å². The summed E-state index contributed by atoms with van der Waals surface area (Å²) in [7, 11) is -1.88. The molecule has 0 saturated carbocycles. The molecule has 0 saturated heterocycles. The van der Waals surface area contributed by atoms with E-state index in [1.807, 2.05) is 18.3 Å². The van der Waals surface area contributed by atoms with Gasteiger partial charge in [0.2, 0.25) is 0 Å². The Balaban J connectivity index is 1.54. The monoisotopic (exact) mass is 465 g/mol. The maximum absolute atomic E-state index is 11.3. The van der Waals surface area contributed by atoms with Crippen LogP contribution in [0, 0.1) is 10.1 Å². The third kappa shape index (κ3) is 4.13. The number of non-ortho nitro benzene ring substituents is 1. The number of hydrogen-bond acceptors (Lipinski definition) is 2. The lowest BCUT2D eigenvalue weighted by atomic mass is 10.2. The van der Waals surface area contributed by atoms with Crippen LogP contribution in [0.3, 0.4) is 0 Å². The highest BCUT2D eigenvalue weighted by Gasteiger charge is 2.44. The Hall–Kier alpha value is -3.75. The predicted octanol–water partition coefficient (Wildman–Crippen LogP) is 5.93. The molecule has 5 rings (SSSR count). The molecule has 0 aliphatic rings. The number of rotatable bonds is 8. The number of hydrogen-bond donors (Lipinski definition) is 0. The molecule has 1 heterocycles. The van der Waals surface area contributed by atoms with E-state index < -0.39 is 7.26 Å². The van der Waals surface area contributed by atoms with E-state index >= 15 is 0 Å². The second kappa shape index (κ2) is 9.62. The minimum atomic E-state index is -1.88. The molecule has 0 unspecified atom stereocenters. The topological polar surface area (TPSA) is 48.1 Å². The molecule has 0 aliphatic heterocycles. The maximum atomic E-state index is 11.3. The van der Waals surface area contributed by atoms with Crippen LogP contribution in [-0.2, 0) is 6.54 Å². The summed E-state index contributed by atoms with van der Waals surface area (Å²) in [6.45, 7) is 0.804. The number of nitro groups is 1. The van der Waals surface area contributed by atoms with Crippen molar-refractivity contribution in [3.63, 3.8) is 0 Å². The van der Waals surface area contributed by atoms with Crippen molar-refractivity contribution in [3.05, 3.63) is 132 Å². The molecule has 0 spiro atoms. The van der Waals surface area contributed by atoms with Gasteiger partial charge in [-0.15, -0.1) is 0 Å². The molecular formula is C29H26N2O2P+. The molecular weight excluding hydrogens is 439 g/mol. The lowest BCUT2D eigenvalue weighted by Gasteiger charge is -2.28. The van der Waals surface area contributed by atoms with Gasteiger partial charge in [-0.3, -0.25) is 10.1 Å². The highest BCUT2D eigenvalue weighted by atomic mass is 31.2. The average Bonchev–Trinajstić information content (AvgIpc) is 3.30. The van der Waals surface area contributed by atoms with Crippen molar-refractivity contribution in [2.75, 3.05) is 6.16 Å². The van der Waals surface area contributed by atoms with Gasteiger partial charge in [0.15, 0.2) is 0 Å². The van der Waals surface area contributed by atoms with Crippen LogP contribution >= 0.6 is 7.26 Å². The Bertz CT molecular complexity index is 1300. The first-order chi connectivity index (χ1) is 16.7. The zero-order valence-electron chi connectivity index (χ0n) is 18.8. The predicted molar refractivity (Wildman–Crippen MR) is 143 cm³/mol. The zero-order valence-corrected chi connectivity index (χ0v) is 19.7. The van der Waals surface area contributed by atoms with Crippen molar-refractivity contribution < 1.29 is 4.92 Å². The summed E-state index contributed by atoms with van der Waals surface area (Å²) < 4.78 is 2.15. The Morgan fingerprint density at radius 2 is 1.24 bits per heavy atom. The third-order valence-electron chi connectivity index (χ3n) is 6.45. The van der Waals surface area contributed by atoms with Gasteiger partial charge in [-0.25, -0.2) is 0 Å². The average molecular weight is 466 g/mol. The second-order valence-electron chi connectivity index (χ2n) is 8.40. The first-order valence-electron chi connectivity index (χ1n) is 11.5. The Morgan fingerprint density at radius 3 is 1.74 bits per heavy atom. The van der Waals surface area contributed by atoms with E-state index in [4.69, 9.17) is 0 Å². The summed E-state index contributed by atoms with van der Waals surface area (Å²) >= 11 is 0. The largest absolute Gasteiger partial charge is 0.347 e. The summed E-state index contributed by atoms with van der Waals surface area (Å²) in [6, 6.07) is 39.8. The third-order valence-corrected chi connectivity index (χ3v) is 11.0. The second-order valence-corrected chi connectivity index (χ2v) is 12.0. The Kier molecular flexibility index (Phi) is 6.24. The van der Waals surface area contributed by atoms with Crippen LogP contribution in [0.25, 0.3) is 10.9 Å². The van der Waals surface area contributed by atoms with Gasteiger partial charge >= 0.3 is 0 Å². The van der Waals surface area contributed by atoms with Crippen LogP contribution in [0.1, 0.15) is 6.42 Å². The Morgan fingerprint density at radius 1 is 0.706 bits per heavy atom. The van der Waals surface area contributed by atoms with Crippen molar-refractivity contribution in [3.8, 4) is 0 Å². The molecule has 5 aromatic rings. The number of nitro benzene ring substituents is 1. The fraction of sp³-hybridized carbons (Fsp3) is 0.103. The number of nitrogens with zero attached hydrogens (tertiary/aromatic N) is 2. The molecule has 0 amide bonds. The van der Waals surface area contributed by atoms with Gasteiger partial charge in [-0.2, -0.15) is 0 Å². The van der Waals surface area contributed by atoms with Crippen LogP contribution in [0.4, 0.5) is 5.69 Å². The molecule has 168 valence electrons. The molecule has 5 heteroatoms. The van der Waals surface area contributed by atoms with Gasteiger partial charge in [0.25, 0.3) is 5.69 Å². The van der Waals surface area contributed by atoms with Crippen molar-refractivity contribution in [2.24, 2.45) is 0 Å². The molecule has 4 nitrogen and oxygen atoms in total. The molecule has 0 N–H and O–H groups in total. The van der Waals surface area contributed by atoms with E-state index in [0.29, 0.717) is 0 Å². The summed E-state index contributed by atoms with van der Waals surface area (Å²) in [5, 5.41) is 16.4. The molecule has 34 heavy (non-hydrogen) atoms. The van der Waals surface area contributed by atoms with Crippen LogP contribution < -0.4 is 15.9 Å². The lowest BCUT2D eigenvalue weighted by molar-refractivity contribution is -0.384. The first kappa shape index (κ1) is 22.1. The number of fused-ring (bicyclic) bond motifs is 1. The maximum Gasteiger partial charge on any atom is 0.271 e. The standard InChI is InChI=1S/C29H26N2O2P/c32-31(33)25-18-17-24-19-21-30(29(24)23-25)20-10-22-34(26-11-4-1-5-12-26,27-13-6-2-7-14-27)28-15-8-3-9-16-28/h1-9,11-19,21,23H,10,20,22H2/q+1. The number of aromatic nitrogens is 1. The molecule has 0 bridgehead atoms. The van der Waals surface area contributed by atoms with Gasteiger partial charge in [0.1, 0.15) is 23.2 Å². The van der Waals surface area contributed by atoms with Crippen molar-refractivity contribution >= 4 is 39.8 Å². The van der Waals surface area contributed by atoms with Crippen molar-refractivity contribution in [1.82, 2.24) is 4.57 Å². The molecule has 0 fully saturated rings. The summed E-state index contributed by atoms with van der Waals surface area (Å²) in [5.74, 6) is 0. The fourth-order valence-corrected chi connectivity index (χ4v) is 9.17. The smallest absolute Gasteiger partial charge is 0.271 e. The van der Waals surface area contributed by atoms with E-state index in [1.165, 1.54) is 15.9 Å². The summed E-state index contributed by atoms with van der Waals surface area (Å²) in [6.07, 6.45) is 4.01. The summed E-state index contributed by atoms with van der Waals surface area (Å²) in [4.78, 5) is 11.0. The molecule has 0 atom stereocenters. The van der Waals surface area contributed by atoms with Crippen LogP contribution in [0.15, 0.2) is 121 Å². The molecule has 0 aliphatic carbocycles. The highest BCUT2D eigenvalue weighted by Crippen LogP contribution is 2.55. The van der Waals surface area contributed by atoms with E-state index in [0.717, 1.165) is 30.0 Å².